The molecule has 1 aliphatic heterocycles. The Hall–Kier alpha value is -3.78. The maximum atomic E-state index is 13.6. The average molecular weight is 505 g/mol. The molecule has 0 aliphatic carbocycles. The van der Waals surface area contributed by atoms with E-state index in [1.165, 1.54) is 11.3 Å². The highest BCUT2D eigenvalue weighted by Crippen LogP contribution is 2.37. The first-order chi connectivity index (χ1) is 17.3. The Kier molecular flexibility index (Phi) is 7.64. The van der Waals surface area contributed by atoms with Crippen LogP contribution in [0.15, 0.2) is 60.7 Å². The standard InChI is InChI=1S/C28H28N2O5S/c1-4-35-28(34)21-16-23(18-10-6-5-7-11-18)36-25(21)29-24(31)22(15-14-17(2)3)30-26(32)19-12-8-9-13-20(19)27(30)33/h5-13,16-17,22H,4,14-15H2,1-3H3,(H,29,31). The number of rotatable bonds is 9. The quantitative estimate of drug-likeness (QED) is 0.301. The van der Waals surface area contributed by atoms with Crippen LogP contribution in [0.2, 0.25) is 0 Å². The lowest BCUT2D eigenvalue weighted by atomic mass is 10.0. The van der Waals surface area contributed by atoms with Crippen LogP contribution in [0, 0.1) is 5.92 Å². The number of imide groups is 1. The fraction of sp³-hybridized carbons (Fsp3) is 0.286. The van der Waals surface area contributed by atoms with Crippen molar-refractivity contribution in [1.82, 2.24) is 4.90 Å². The molecule has 0 bridgehead atoms. The zero-order valence-corrected chi connectivity index (χ0v) is 21.3. The third-order valence-electron chi connectivity index (χ3n) is 5.98. The van der Waals surface area contributed by atoms with E-state index in [-0.39, 0.29) is 18.1 Å². The largest absolute Gasteiger partial charge is 0.462 e. The van der Waals surface area contributed by atoms with Crippen LogP contribution in [0.1, 0.15) is 64.7 Å². The molecule has 7 nitrogen and oxygen atoms in total. The first-order valence-corrected chi connectivity index (χ1v) is 12.8. The summed E-state index contributed by atoms with van der Waals surface area (Å²) in [6.45, 7) is 5.93. The van der Waals surface area contributed by atoms with Gasteiger partial charge >= 0.3 is 5.97 Å². The third-order valence-corrected chi connectivity index (χ3v) is 7.08. The summed E-state index contributed by atoms with van der Waals surface area (Å²) in [5.41, 5.74) is 1.71. The van der Waals surface area contributed by atoms with Gasteiger partial charge in [0.1, 0.15) is 11.0 Å². The molecule has 2 heterocycles. The minimum Gasteiger partial charge on any atom is -0.462 e. The van der Waals surface area contributed by atoms with Gasteiger partial charge in [0, 0.05) is 4.88 Å². The Balaban J connectivity index is 1.67. The van der Waals surface area contributed by atoms with Crippen molar-refractivity contribution in [3.8, 4) is 10.4 Å². The number of nitrogens with one attached hydrogen (secondary N) is 1. The van der Waals surface area contributed by atoms with Crippen LogP contribution in [0.25, 0.3) is 10.4 Å². The average Bonchev–Trinajstić information content (AvgIpc) is 3.40. The topological polar surface area (TPSA) is 92.8 Å². The molecular formula is C28H28N2O5S. The molecule has 3 aromatic rings. The molecule has 0 saturated heterocycles. The van der Waals surface area contributed by atoms with Gasteiger partial charge in [0.25, 0.3) is 11.8 Å². The molecule has 36 heavy (non-hydrogen) atoms. The van der Waals surface area contributed by atoms with Gasteiger partial charge in [-0.3, -0.25) is 19.3 Å². The van der Waals surface area contributed by atoms with Crippen LogP contribution in [0.3, 0.4) is 0 Å². The summed E-state index contributed by atoms with van der Waals surface area (Å²) in [5.74, 6) is -1.78. The highest BCUT2D eigenvalue weighted by molar-refractivity contribution is 7.20. The molecule has 1 atom stereocenters. The number of nitrogens with zero attached hydrogens (tertiary/aromatic N) is 1. The summed E-state index contributed by atoms with van der Waals surface area (Å²) in [5, 5.41) is 3.16. The summed E-state index contributed by atoms with van der Waals surface area (Å²) in [4.78, 5) is 54.5. The van der Waals surface area contributed by atoms with Crippen molar-refractivity contribution in [2.75, 3.05) is 11.9 Å². The number of carbonyl (C=O) groups is 4. The van der Waals surface area contributed by atoms with Crippen LogP contribution < -0.4 is 5.32 Å². The minimum atomic E-state index is -1.02. The summed E-state index contributed by atoms with van der Waals surface area (Å²) >= 11 is 1.25. The summed E-state index contributed by atoms with van der Waals surface area (Å²) in [7, 11) is 0. The number of ether oxygens (including phenoxy) is 1. The molecule has 186 valence electrons. The van der Waals surface area contributed by atoms with Crippen molar-refractivity contribution in [3.63, 3.8) is 0 Å². The number of carbonyl (C=O) groups excluding carboxylic acids is 4. The van der Waals surface area contributed by atoms with Gasteiger partial charge in [-0.05, 0) is 49.4 Å². The van der Waals surface area contributed by atoms with Gasteiger partial charge in [-0.15, -0.1) is 11.3 Å². The number of thiophene rings is 1. The SMILES string of the molecule is CCOC(=O)c1cc(-c2ccccc2)sc1NC(=O)C(CCC(C)C)N1C(=O)c2ccccc2C1=O. The summed E-state index contributed by atoms with van der Waals surface area (Å²) in [6.07, 6.45) is 0.941. The predicted octanol–water partition coefficient (Wildman–Crippen LogP) is 5.63. The minimum absolute atomic E-state index is 0.189. The van der Waals surface area contributed by atoms with E-state index in [1.807, 2.05) is 44.2 Å². The van der Waals surface area contributed by atoms with Crippen molar-refractivity contribution in [2.24, 2.45) is 5.92 Å². The molecular weight excluding hydrogens is 476 g/mol. The zero-order chi connectivity index (χ0) is 25.8. The Morgan fingerprint density at radius 3 is 2.14 bits per heavy atom. The fourth-order valence-corrected chi connectivity index (χ4v) is 5.20. The van der Waals surface area contributed by atoms with Crippen molar-refractivity contribution in [3.05, 3.63) is 77.4 Å². The first-order valence-electron chi connectivity index (χ1n) is 12.0. The molecule has 1 aromatic heterocycles. The van der Waals surface area contributed by atoms with Gasteiger partial charge in [-0.1, -0.05) is 56.3 Å². The van der Waals surface area contributed by atoms with E-state index in [2.05, 4.69) is 5.32 Å². The second-order valence-corrected chi connectivity index (χ2v) is 9.99. The molecule has 3 amide bonds. The number of esters is 1. The highest BCUT2D eigenvalue weighted by Gasteiger charge is 2.42. The van der Waals surface area contributed by atoms with E-state index in [9.17, 15) is 19.2 Å². The Morgan fingerprint density at radius 2 is 1.56 bits per heavy atom. The maximum Gasteiger partial charge on any atom is 0.341 e. The normalized spacial score (nSPS) is 13.6. The van der Waals surface area contributed by atoms with Crippen LogP contribution >= 0.6 is 11.3 Å². The lowest BCUT2D eigenvalue weighted by Gasteiger charge is -2.26. The van der Waals surface area contributed by atoms with E-state index >= 15 is 0 Å². The molecule has 2 aromatic carbocycles. The van der Waals surface area contributed by atoms with Gasteiger partial charge in [0.15, 0.2) is 0 Å². The molecule has 0 fully saturated rings. The lowest BCUT2D eigenvalue weighted by molar-refractivity contribution is -0.120. The first kappa shape index (κ1) is 25.3. The van der Waals surface area contributed by atoms with Crippen molar-refractivity contribution >= 4 is 40.0 Å². The van der Waals surface area contributed by atoms with Gasteiger partial charge < -0.3 is 10.1 Å². The molecule has 0 saturated carbocycles. The van der Waals surface area contributed by atoms with Crippen LogP contribution in [0.4, 0.5) is 5.00 Å². The monoisotopic (exact) mass is 504 g/mol. The Labute approximate surface area is 214 Å². The van der Waals surface area contributed by atoms with Crippen LogP contribution in [-0.2, 0) is 9.53 Å². The fourth-order valence-electron chi connectivity index (χ4n) is 4.14. The van der Waals surface area contributed by atoms with Gasteiger partial charge in [0.2, 0.25) is 5.91 Å². The number of anilines is 1. The van der Waals surface area contributed by atoms with E-state index in [4.69, 9.17) is 4.74 Å². The summed E-state index contributed by atoms with van der Waals surface area (Å²) in [6, 6.07) is 16.8. The Morgan fingerprint density at radius 1 is 0.944 bits per heavy atom. The predicted molar refractivity (Wildman–Crippen MR) is 139 cm³/mol. The molecule has 4 rings (SSSR count). The number of benzene rings is 2. The maximum absolute atomic E-state index is 13.6. The van der Waals surface area contributed by atoms with Gasteiger partial charge in [0.05, 0.1) is 23.3 Å². The molecule has 1 N–H and O–H groups in total. The summed E-state index contributed by atoms with van der Waals surface area (Å²) < 4.78 is 5.21. The molecule has 8 heteroatoms. The number of hydrogen-bond acceptors (Lipinski definition) is 6. The van der Waals surface area contributed by atoms with E-state index in [0.29, 0.717) is 29.0 Å². The molecule has 1 unspecified atom stereocenters. The van der Waals surface area contributed by atoms with Crippen molar-refractivity contribution in [1.29, 1.82) is 0 Å². The molecule has 1 aliphatic rings. The van der Waals surface area contributed by atoms with E-state index < -0.39 is 29.7 Å². The van der Waals surface area contributed by atoms with E-state index in [0.717, 1.165) is 15.3 Å². The van der Waals surface area contributed by atoms with Crippen molar-refractivity contribution in [2.45, 2.75) is 39.7 Å². The van der Waals surface area contributed by atoms with Gasteiger partial charge in [-0.25, -0.2) is 4.79 Å². The van der Waals surface area contributed by atoms with Crippen LogP contribution in [0.5, 0.6) is 0 Å². The van der Waals surface area contributed by atoms with Crippen LogP contribution in [-0.4, -0.2) is 41.2 Å². The number of amides is 3. The van der Waals surface area contributed by atoms with Crippen molar-refractivity contribution < 1.29 is 23.9 Å². The Bertz CT molecular complexity index is 1260. The molecule has 0 spiro atoms. The van der Waals surface area contributed by atoms with Gasteiger partial charge in [-0.2, -0.15) is 0 Å². The lowest BCUT2D eigenvalue weighted by Crippen LogP contribution is -2.47. The number of hydrogen-bond donors (Lipinski definition) is 1. The number of fused-ring (bicyclic) bond motifs is 1. The smallest absolute Gasteiger partial charge is 0.341 e. The molecule has 0 radical (unpaired) electrons. The highest BCUT2D eigenvalue weighted by atomic mass is 32.1. The zero-order valence-electron chi connectivity index (χ0n) is 20.4. The second kappa shape index (κ2) is 10.9. The van der Waals surface area contributed by atoms with E-state index in [1.54, 1.807) is 37.3 Å². The third kappa shape index (κ3) is 5.09. The second-order valence-electron chi connectivity index (χ2n) is 8.94.